The Hall–Kier alpha value is -1.02. The summed E-state index contributed by atoms with van der Waals surface area (Å²) in [4.78, 5) is 0. The highest BCUT2D eigenvalue weighted by Gasteiger charge is 2.75. The van der Waals surface area contributed by atoms with Crippen molar-refractivity contribution in [3.05, 3.63) is 11.6 Å². The first kappa shape index (κ1) is 12.1. The molecule has 0 amide bonds. The topological polar surface area (TPSA) is 9.23 Å². The standard InChI is InChI=1S/C6H2F8O/c7-2-3(15-1-4(8,9)10)6(13,14)5(2,11)12/h1H2. The van der Waals surface area contributed by atoms with Crippen molar-refractivity contribution in [2.24, 2.45) is 0 Å². The van der Waals surface area contributed by atoms with Gasteiger partial charge in [0.25, 0.3) is 0 Å². The second-order valence-corrected chi connectivity index (χ2v) is 2.70. The van der Waals surface area contributed by atoms with E-state index in [0.29, 0.717) is 0 Å². The fourth-order valence-electron chi connectivity index (χ4n) is 0.806. The Bertz CT molecular complexity index is 301. The Kier molecular flexibility index (Phi) is 2.40. The fourth-order valence-corrected chi connectivity index (χ4v) is 0.806. The molecule has 0 saturated carbocycles. The van der Waals surface area contributed by atoms with Crippen LogP contribution < -0.4 is 0 Å². The Balaban J connectivity index is 2.78. The maximum atomic E-state index is 12.3. The average molecular weight is 242 g/mol. The monoisotopic (exact) mass is 242 g/mol. The number of rotatable bonds is 2. The van der Waals surface area contributed by atoms with Crippen LogP contribution in [0.2, 0.25) is 0 Å². The smallest absolute Gasteiger partial charge is 0.422 e. The third-order valence-electron chi connectivity index (χ3n) is 1.53. The zero-order valence-corrected chi connectivity index (χ0v) is 6.64. The van der Waals surface area contributed by atoms with Crippen LogP contribution in [-0.2, 0) is 4.74 Å². The molecule has 0 aromatic carbocycles. The molecule has 1 nitrogen and oxygen atoms in total. The van der Waals surface area contributed by atoms with Gasteiger partial charge >= 0.3 is 18.0 Å². The average Bonchev–Trinajstić information content (AvgIpc) is 2.01. The highest BCUT2D eigenvalue weighted by Crippen LogP contribution is 2.56. The molecule has 0 unspecified atom stereocenters. The van der Waals surface area contributed by atoms with E-state index in [1.165, 1.54) is 0 Å². The zero-order valence-electron chi connectivity index (χ0n) is 6.64. The van der Waals surface area contributed by atoms with Crippen LogP contribution in [0.25, 0.3) is 0 Å². The van der Waals surface area contributed by atoms with Gasteiger partial charge in [-0.1, -0.05) is 0 Å². The molecule has 0 heterocycles. The third kappa shape index (κ3) is 1.74. The summed E-state index contributed by atoms with van der Waals surface area (Å²) in [6, 6.07) is 0. The second-order valence-electron chi connectivity index (χ2n) is 2.70. The Morgan fingerprint density at radius 2 is 1.47 bits per heavy atom. The molecule has 15 heavy (non-hydrogen) atoms. The van der Waals surface area contributed by atoms with E-state index in [4.69, 9.17) is 0 Å². The molecule has 1 aliphatic rings. The van der Waals surface area contributed by atoms with Crippen molar-refractivity contribution in [1.82, 2.24) is 0 Å². The van der Waals surface area contributed by atoms with Crippen LogP contribution in [0.5, 0.6) is 0 Å². The van der Waals surface area contributed by atoms with E-state index >= 15 is 0 Å². The number of allylic oxidation sites excluding steroid dienone is 2. The molecule has 1 rings (SSSR count). The second kappa shape index (κ2) is 2.99. The van der Waals surface area contributed by atoms with Crippen molar-refractivity contribution < 1.29 is 39.9 Å². The van der Waals surface area contributed by atoms with Crippen LogP contribution >= 0.6 is 0 Å². The van der Waals surface area contributed by atoms with Gasteiger partial charge in [-0.25, -0.2) is 4.39 Å². The van der Waals surface area contributed by atoms with Gasteiger partial charge in [0.1, 0.15) is 0 Å². The van der Waals surface area contributed by atoms with Gasteiger partial charge in [0.05, 0.1) is 0 Å². The molecule has 0 aromatic heterocycles. The van der Waals surface area contributed by atoms with Gasteiger partial charge in [-0.05, 0) is 0 Å². The maximum Gasteiger partial charge on any atom is 0.422 e. The van der Waals surface area contributed by atoms with Gasteiger partial charge in [0.2, 0.25) is 11.6 Å². The van der Waals surface area contributed by atoms with Crippen molar-refractivity contribution in [2.45, 2.75) is 18.0 Å². The van der Waals surface area contributed by atoms with E-state index in [1.54, 1.807) is 0 Å². The molecular formula is C6H2F8O. The molecule has 9 heteroatoms. The minimum absolute atomic E-state index is 2.25. The minimum Gasteiger partial charge on any atom is -0.479 e. The van der Waals surface area contributed by atoms with Crippen molar-refractivity contribution in [1.29, 1.82) is 0 Å². The lowest BCUT2D eigenvalue weighted by atomic mass is 9.96. The number of alkyl halides is 7. The van der Waals surface area contributed by atoms with Crippen molar-refractivity contribution in [3.8, 4) is 0 Å². The molecule has 0 atom stereocenters. The van der Waals surface area contributed by atoms with Crippen LogP contribution in [0.3, 0.4) is 0 Å². The highest BCUT2D eigenvalue weighted by atomic mass is 19.4. The number of ether oxygens (including phenoxy) is 1. The lowest BCUT2D eigenvalue weighted by Gasteiger charge is -2.35. The molecule has 0 spiro atoms. The van der Waals surface area contributed by atoms with Crippen LogP contribution in [-0.4, -0.2) is 24.6 Å². The van der Waals surface area contributed by atoms with E-state index in [1.807, 2.05) is 0 Å². The van der Waals surface area contributed by atoms with Gasteiger partial charge in [-0.15, -0.1) is 0 Å². The summed E-state index contributed by atoms with van der Waals surface area (Å²) < 4.78 is 98.4. The first-order valence-corrected chi connectivity index (χ1v) is 3.36. The Morgan fingerprint density at radius 1 is 1.00 bits per heavy atom. The molecular weight excluding hydrogens is 240 g/mol. The van der Waals surface area contributed by atoms with E-state index in [-0.39, 0.29) is 0 Å². The lowest BCUT2D eigenvalue weighted by Crippen LogP contribution is -2.53. The van der Waals surface area contributed by atoms with Gasteiger partial charge < -0.3 is 4.74 Å². The Morgan fingerprint density at radius 3 is 1.80 bits per heavy atom. The minimum atomic E-state index is -5.09. The molecule has 88 valence electrons. The largest absolute Gasteiger partial charge is 0.479 e. The molecule has 0 N–H and O–H groups in total. The molecule has 0 saturated heterocycles. The third-order valence-corrected chi connectivity index (χ3v) is 1.53. The van der Waals surface area contributed by atoms with Crippen molar-refractivity contribution in [3.63, 3.8) is 0 Å². The first-order chi connectivity index (χ1) is 6.50. The van der Waals surface area contributed by atoms with Gasteiger partial charge in [-0.3, -0.25) is 0 Å². The normalized spacial score (nSPS) is 23.7. The first-order valence-electron chi connectivity index (χ1n) is 3.36. The van der Waals surface area contributed by atoms with Gasteiger partial charge in [0.15, 0.2) is 6.61 Å². The van der Waals surface area contributed by atoms with Gasteiger partial charge in [-0.2, -0.15) is 30.7 Å². The lowest BCUT2D eigenvalue weighted by molar-refractivity contribution is -0.247. The summed E-state index contributed by atoms with van der Waals surface area (Å²) in [6.45, 7) is -2.25. The number of hydrogen-bond donors (Lipinski definition) is 0. The zero-order chi connectivity index (χ0) is 12.1. The predicted octanol–water partition coefficient (Wildman–Crippen LogP) is 3.03. The molecule has 0 fully saturated rings. The summed E-state index contributed by atoms with van der Waals surface area (Å²) in [6.07, 6.45) is -5.01. The number of hydrogen-bond acceptors (Lipinski definition) is 1. The number of halogens is 8. The van der Waals surface area contributed by atoms with Crippen molar-refractivity contribution >= 4 is 0 Å². The van der Waals surface area contributed by atoms with Crippen LogP contribution in [0.1, 0.15) is 0 Å². The fraction of sp³-hybridized carbons (Fsp3) is 0.667. The van der Waals surface area contributed by atoms with Gasteiger partial charge in [0, 0.05) is 0 Å². The molecule has 0 radical (unpaired) electrons. The van der Waals surface area contributed by atoms with E-state index < -0.39 is 36.2 Å². The maximum absolute atomic E-state index is 12.3. The SMILES string of the molecule is FC1=C(OCC(F)(F)F)C(F)(F)C1(F)F. The molecule has 0 bridgehead atoms. The van der Waals surface area contributed by atoms with Crippen LogP contribution in [0.15, 0.2) is 11.6 Å². The molecule has 0 aromatic rings. The molecule has 1 aliphatic carbocycles. The summed E-state index contributed by atoms with van der Waals surface area (Å²) in [5, 5.41) is 0. The summed E-state index contributed by atoms with van der Waals surface area (Å²) in [7, 11) is 0. The summed E-state index contributed by atoms with van der Waals surface area (Å²) in [5.74, 6) is -15.0. The van der Waals surface area contributed by atoms with E-state index in [0.717, 1.165) is 0 Å². The van der Waals surface area contributed by atoms with Crippen LogP contribution in [0, 0.1) is 0 Å². The summed E-state index contributed by atoms with van der Waals surface area (Å²) >= 11 is 0. The highest BCUT2D eigenvalue weighted by molar-refractivity contribution is 5.35. The van der Waals surface area contributed by atoms with E-state index in [9.17, 15) is 35.1 Å². The van der Waals surface area contributed by atoms with Crippen molar-refractivity contribution in [2.75, 3.05) is 6.61 Å². The Labute approximate surface area is 77.3 Å². The molecule has 0 aliphatic heterocycles. The van der Waals surface area contributed by atoms with E-state index in [2.05, 4.69) is 4.74 Å². The van der Waals surface area contributed by atoms with Crippen LogP contribution in [0.4, 0.5) is 35.1 Å². The summed E-state index contributed by atoms with van der Waals surface area (Å²) in [5.41, 5.74) is 0. The quantitative estimate of drug-likeness (QED) is 0.676. The predicted molar refractivity (Wildman–Crippen MR) is 30.0 cm³/mol.